The number of para-hydroxylation sites is 2. The van der Waals surface area contributed by atoms with E-state index in [9.17, 15) is 4.79 Å². The Hall–Kier alpha value is -1.55. The molecule has 0 bridgehead atoms. The number of esters is 1. The molecule has 1 N–H and O–H groups in total. The summed E-state index contributed by atoms with van der Waals surface area (Å²) in [5, 5.41) is 3.35. The fraction of sp³-hybridized carbons (Fsp3) is 0.462. The van der Waals surface area contributed by atoms with Crippen molar-refractivity contribution in [3.05, 3.63) is 24.3 Å². The summed E-state index contributed by atoms with van der Waals surface area (Å²) in [6.07, 6.45) is 2.17. The van der Waals surface area contributed by atoms with Crippen molar-refractivity contribution in [2.24, 2.45) is 0 Å². The van der Waals surface area contributed by atoms with E-state index in [-0.39, 0.29) is 5.97 Å². The Morgan fingerprint density at radius 3 is 2.82 bits per heavy atom. The molecule has 0 atom stereocenters. The van der Waals surface area contributed by atoms with Gasteiger partial charge in [-0.1, -0.05) is 12.1 Å². The normalized spacial score (nSPS) is 20.9. The minimum atomic E-state index is -0.151. The third-order valence-corrected chi connectivity index (χ3v) is 3.45. The first-order valence-corrected chi connectivity index (χ1v) is 6.11. The van der Waals surface area contributed by atoms with Crippen LogP contribution < -0.4 is 15.0 Å². The Bertz CT molecular complexity index is 427. The van der Waals surface area contributed by atoms with Crippen molar-refractivity contribution < 1.29 is 9.53 Å². The molecule has 0 spiro atoms. The highest BCUT2D eigenvalue weighted by molar-refractivity contribution is 5.84. The smallest absolute Gasteiger partial charge is 0.331 e. The van der Waals surface area contributed by atoms with E-state index in [0.717, 1.165) is 31.6 Å². The maximum absolute atomic E-state index is 11.6. The number of rotatable bonds is 1. The van der Waals surface area contributed by atoms with Gasteiger partial charge in [0.25, 0.3) is 0 Å². The molecule has 1 fully saturated rings. The number of carbonyl (C=O) groups is 1. The molecule has 0 amide bonds. The van der Waals surface area contributed by atoms with E-state index in [0.29, 0.717) is 18.3 Å². The molecule has 2 heterocycles. The molecular weight excluding hydrogens is 216 g/mol. The zero-order chi connectivity index (χ0) is 11.7. The van der Waals surface area contributed by atoms with E-state index in [1.807, 2.05) is 24.3 Å². The molecule has 1 saturated heterocycles. The number of carbonyl (C=O) groups excluding carboxylic acids is 1. The number of nitrogens with zero attached hydrogens (tertiary/aromatic N) is 1. The van der Waals surface area contributed by atoms with Gasteiger partial charge in [0.05, 0.1) is 5.69 Å². The quantitative estimate of drug-likeness (QED) is 0.583. The van der Waals surface area contributed by atoms with Gasteiger partial charge >= 0.3 is 5.97 Å². The fourth-order valence-corrected chi connectivity index (χ4v) is 2.60. The van der Waals surface area contributed by atoms with Crippen LogP contribution >= 0.6 is 0 Å². The summed E-state index contributed by atoms with van der Waals surface area (Å²) >= 11 is 0. The number of nitrogens with one attached hydrogen (secondary N) is 1. The van der Waals surface area contributed by atoms with Crippen LogP contribution in [0.5, 0.6) is 5.75 Å². The van der Waals surface area contributed by atoms with Crippen LogP contribution in [0.4, 0.5) is 5.69 Å². The van der Waals surface area contributed by atoms with E-state index in [1.165, 1.54) is 0 Å². The molecule has 17 heavy (non-hydrogen) atoms. The molecule has 0 radical (unpaired) electrons. The third-order valence-electron chi connectivity index (χ3n) is 3.45. The molecule has 3 rings (SSSR count). The van der Waals surface area contributed by atoms with Crippen LogP contribution in [0.3, 0.4) is 0 Å². The van der Waals surface area contributed by atoms with E-state index < -0.39 is 0 Å². The number of hydrogen-bond donors (Lipinski definition) is 1. The maximum atomic E-state index is 11.6. The van der Waals surface area contributed by atoms with Gasteiger partial charge in [-0.25, -0.2) is 4.79 Å². The zero-order valence-electron chi connectivity index (χ0n) is 9.69. The molecule has 2 aliphatic heterocycles. The molecule has 1 aromatic carbocycles. The van der Waals surface area contributed by atoms with E-state index >= 15 is 0 Å². The number of benzene rings is 1. The van der Waals surface area contributed by atoms with Crippen LogP contribution in [-0.4, -0.2) is 31.6 Å². The Labute approximate surface area is 101 Å². The van der Waals surface area contributed by atoms with Gasteiger partial charge in [-0.15, -0.1) is 0 Å². The Morgan fingerprint density at radius 2 is 2.00 bits per heavy atom. The lowest BCUT2D eigenvalue weighted by atomic mass is 10.0. The maximum Gasteiger partial charge on any atom is 0.331 e. The number of anilines is 1. The third kappa shape index (κ3) is 2.00. The van der Waals surface area contributed by atoms with Gasteiger partial charge < -0.3 is 15.0 Å². The summed E-state index contributed by atoms with van der Waals surface area (Å²) < 4.78 is 5.26. The van der Waals surface area contributed by atoms with E-state index in [2.05, 4.69) is 10.2 Å². The van der Waals surface area contributed by atoms with Crippen LogP contribution in [0, 0.1) is 0 Å². The van der Waals surface area contributed by atoms with Crippen molar-refractivity contribution in [3.8, 4) is 5.75 Å². The highest BCUT2D eigenvalue weighted by Gasteiger charge is 2.29. The van der Waals surface area contributed by atoms with Gasteiger partial charge in [0.2, 0.25) is 0 Å². The SMILES string of the molecule is O=C1CN(C2CCNCC2)c2ccccc2O1. The number of piperidine rings is 1. The lowest BCUT2D eigenvalue weighted by Gasteiger charge is -2.38. The standard InChI is InChI=1S/C13H16N2O2/c16-13-9-15(10-5-7-14-8-6-10)11-3-1-2-4-12(11)17-13/h1-4,10,14H,5-9H2. The first kappa shape index (κ1) is 10.6. The van der Waals surface area contributed by atoms with Crippen molar-refractivity contribution in [1.82, 2.24) is 5.32 Å². The van der Waals surface area contributed by atoms with Crippen molar-refractivity contribution in [2.75, 3.05) is 24.5 Å². The Balaban J connectivity index is 1.91. The van der Waals surface area contributed by atoms with Gasteiger partial charge in [0.15, 0.2) is 5.75 Å². The summed E-state index contributed by atoms with van der Waals surface area (Å²) in [5.41, 5.74) is 1.05. The topological polar surface area (TPSA) is 41.6 Å². The zero-order valence-corrected chi connectivity index (χ0v) is 9.69. The average Bonchev–Trinajstić information content (AvgIpc) is 2.39. The van der Waals surface area contributed by atoms with E-state index in [4.69, 9.17) is 4.74 Å². The monoisotopic (exact) mass is 232 g/mol. The predicted molar refractivity (Wildman–Crippen MR) is 65.3 cm³/mol. The molecule has 1 aromatic rings. The molecule has 4 nitrogen and oxygen atoms in total. The van der Waals surface area contributed by atoms with Crippen LogP contribution in [0.1, 0.15) is 12.8 Å². The second kappa shape index (κ2) is 4.37. The lowest BCUT2D eigenvalue weighted by molar-refractivity contribution is -0.133. The first-order valence-electron chi connectivity index (χ1n) is 6.11. The largest absolute Gasteiger partial charge is 0.423 e. The Morgan fingerprint density at radius 1 is 1.24 bits per heavy atom. The highest BCUT2D eigenvalue weighted by atomic mass is 16.5. The predicted octanol–water partition coefficient (Wildman–Crippen LogP) is 1.16. The van der Waals surface area contributed by atoms with Gasteiger partial charge in [-0.2, -0.15) is 0 Å². The number of ether oxygens (including phenoxy) is 1. The second-order valence-electron chi connectivity index (χ2n) is 4.55. The van der Waals surface area contributed by atoms with Crippen LogP contribution in [0.25, 0.3) is 0 Å². The molecule has 2 aliphatic rings. The van der Waals surface area contributed by atoms with Gasteiger partial charge in [0, 0.05) is 6.04 Å². The molecule has 0 aromatic heterocycles. The van der Waals surface area contributed by atoms with Crippen molar-refractivity contribution in [1.29, 1.82) is 0 Å². The van der Waals surface area contributed by atoms with Gasteiger partial charge in [-0.05, 0) is 38.1 Å². The fourth-order valence-electron chi connectivity index (χ4n) is 2.60. The lowest BCUT2D eigenvalue weighted by Crippen LogP contribution is -2.48. The van der Waals surface area contributed by atoms with Crippen molar-refractivity contribution in [3.63, 3.8) is 0 Å². The summed E-state index contributed by atoms with van der Waals surface area (Å²) in [6, 6.07) is 8.24. The average molecular weight is 232 g/mol. The first-order chi connectivity index (χ1) is 8.34. The van der Waals surface area contributed by atoms with Crippen molar-refractivity contribution >= 4 is 11.7 Å². The molecule has 4 heteroatoms. The summed E-state index contributed by atoms with van der Waals surface area (Å²) in [5.74, 6) is 0.546. The van der Waals surface area contributed by atoms with Crippen LogP contribution in [0.2, 0.25) is 0 Å². The summed E-state index contributed by atoms with van der Waals surface area (Å²) in [7, 11) is 0. The van der Waals surface area contributed by atoms with E-state index in [1.54, 1.807) is 0 Å². The van der Waals surface area contributed by atoms with Gasteiger partial charge in [0.1, 0.15) is 6.54 Å². The molecular formula is C13H16N2O2. The molecule has 0 unspecified atom stereocenters. The molecule has 90 valence electrons. The number of hydrogen-bond acceptors (Lipinski definition) is 4. The highest BCUT2D eigenvalue weighted by Crippen LogP contribution is 2.34. The van der Waals surface area contributed by atoms with Gasteiger partial charge in [-0.3, -0.25) is 0 Å². The number of fused-ring (bicyclic) bond motifs is 1. The second-order valence-corrected chi connectivity index (χ2v) is 4.55. The minimum absolute atomic E-state index is 0.151. The molecule has 0 saturated carbocycles. The van der Waals surface area contributed by atoms with Crippen LogP contribution in [0.15, 0.2) is 24.3 Å². The van der Waals surface area contributed by atoms with Crippen molar-refractivity contribution in [2.45, 2.75) is 18.9 Å². The molecule has 0 aliphatic carbocycles. The summed E-state index contributed by atoms with van der Waals surface area (Å²) in [6.45, 7) is 2.43. The Kier molecular flexibility index (Phi) is 2.73. The van der Waals surface area contributed by atoms with Crippen LogP contribution in [-0.2, 0) is 4.79 Å². The summed E-state index contributed by atoms with van der Waals surface area (Å²) in [4.78, 5) is 13.8. The minimum Gasteiger partial charge on any atom is -0.423 e.